The van der Waals surface area contributed by atoms with E-state index in [4.69, 9.17) is 21.8 Å². The van der Waals surface area contributed by atoms with Crippen LogP contribution in [0.5, 0.6) is 0 Å². The van der Waals surface area contributed by atoms with Gasteiger partial charge in [-0.1, -0.05) is 44.0 Å². The van der Waals surface area contributed by atoms with Crippen molar-refractivity contribution in [2.75, 3.05) is 14.1 Å². The number of carbonyl (C=O) groups is 2. The monoisotopic (exact) mass is 411 g/mol. The fraction of sp³-hybridized carbons (Fsp3) is 0.636. The maximum atomic E-state index is 9.79. The van der Waals surface area contributed by atoms with Crippen LogP contribution in [0.3, 0.4) is 0 Å². The molecule has 0 aliphatic heterocycles. The molecule has 0 aromatic heterocycles. The van der Waals surface area contributed by atoms with Gasteiger partial charge in [-0.2, -0.15) is 0 Å². The molecule has 0 bridgehead atoms. The number of hydrogen-bond acceptors (Lipinski definition) is 3. The molecule has 6 heteroatoms. The lowest BCUT2D eigenvalue weighted by atomic mass is 9.58. The van der Waals surface area contributed by atoms with Gasteiger partial charge in [0.05, 0.1) is 0 Å². The van der Waals surface area contributed by atoms with Crippen molar-refractivity contribution in [3.05, 3.63) is 34.9 Å². The van der Waals surface area contributed by atoms with Gasteiger partial charge in [-0.05, 0) is 63.4 Å². The van der Waals surface area contributed by atoms with Crippen LogP contribution < -0.4 is 0 Å². The van der Waals surface area contributed by atoms with Crippen LogP contribution in [0.15, 0.2) is 24.3 Å². The van der Waals surface area contributed by atoms with E-state index in [9.17, 15) is 9.59 Å². The van der Waals surface area contributed by atoms with Gasteiger partial charge in [-0.3, -0.25) is 9.59 Å². The molecule has 0 heterocycles. The number of nitrogens with zero attached hydrogens (tertiary/aromatic N) is 1. The normalized spacial score (nSPS) is 16.1. The van der Waals surface area contributed by atoms with E-state index >= 15 is 0 Å². The summed E-state index contributed by atoms with van der Waals surface area (Å²) in [6, 6.07) is 9.18. The van der Waals surface area contributed by atoms with Crippen LogP contribution in [0.1, 0.15) is 64.4 Å². The SMILES string of the molecule is CC(C)CC(N(C)C)C1(c2ccc(Cl)cc2)CCC1.O=C(O)CCCC(=O)O. The Hall–Kier alpha value is -1.59. The number of likely N-dealkylation sites (N-methyl/N-ethyl adjacent to an activating group) is 1. The number of hydrogen-bond donors (Lipinski definition) is 2. The summed E-state index contributed by atoms with van der Waals surface area (Å²) in [7, 11) is 4.45. The average molecular weight is 412 g/mol. The topological polar surface area (TPSA) is 77.8 Å². The summed E-state index contributed by atoms with van der Waals surface area (Å²) in [6.45, 7) is 4.65. The highest BCUT2D eigenvalue weighted by atomic mass is 35.5. The smallest absolute Gasteiger partial charge is 0.303 e. The van der Waals surface area contributed by atoms with Crippen LogP contribution in [0.4, 0.5) is 0 Å². The molecule has 2 N–H and O–H groups in total. The second-order valence-electron chi connectivity index (χ2n) is 8.27. The summed E-state index contributed by atoms with van der Waals surface area (Å²) in [5.74, 6) is -1.16. The maximum Gasteiger partial charge on any atom is 0.303 e. The first-order valence-corrected chi connectivity index (χ1v) is 10.3. The third-order valence-electron chi connectivity index (χ3n) is 5.40. The molecule has 1 saturated carbocycles. The molecular weight excluding hydrogens is 378 g/mol. The average Bonchev–Trinajstić information content (AvgIpc) is 2.54. The first-order chi connectivity index (χ1) is 13.1. The fourth-order valence-corrected chi connectivity index (χ4v) is 4.05. The summed E-state index contributed by atoms with van der Waals surface area (Å²) in [4.78, 5) is 22.0. The molecular formula is C22H34ClNO4. The third-order valence-corrected chi connectivity index (χ3v) is 5.65. The molecule has 28 heavy (non-hydrogen) atoms. The van der Waals surface area contributed by atoms with E-state index in [1.165, 1.54) is 31.2 Å². The van der Waals surface area contributed by atoms with Gasteiger partial charge in [-0.25, -0.2) is 0 Å². The first-order valence-electron chi connectivity index (χ1n) is 9.94. The highest BCUT2D eigenvalue weighted by molar-refractivity contribution is 6.30. The number of rotatable bonds is 9. The van der Waals surface area contributed by atoms with Crippen LogP contribution in [0, 0.1) is 5.92 Å². The molecule has 1 atom stereocenters. The Morgan fingerprint density at radius 1 is 1.07 bits per heavy atom. The summed E-state index contributed by atoms with van der Waals surface area (Å²) < 4.78 is 0. The Morgan fingerprint density at radius 2 is 1.57 bits per heavy atom. The number of carboxylic acid groups (broad SMARTS) is 2. The second kappa shape index (κ2) is 11.4. The quantitative estimate of drug-likeness (QED) is 0.593. The van der Waals surface area contributed by atoms with Gasteiger partial charge in [0.1, 0.15) is 0 Å². The van der Waals surface area contributed by atoms with Crippen LogP contribution in [-0.4, -0.2) is 47.2 Å². The predicted molar refractivity (Wildman–Crippen MR) is 113 cm³/mol. The molecule has 1 aromatic rings. The Kier molecular flexibility index (Phi) is 9.97. The number of aliphatic carboxylic acids is 2. The maximum absolute atomic E-state index is 9.79. The van der Waals surface area contributed by atoms with Crippen LogP contribution in [0.25, 0.3) is 0 Å². The molecule has 158 valence electrons. The van der Waals surface area contributed by atoms with Crippen molar-refractivity contribution in [3.8, 4) is 0 Å². The molecule has 1 aliphatic rings. The molecule has 1 fully saturated rings. The van der Waals surface area contributed by atoms with Gasteiger partial charge in [-0.15, -0.1) is 0 Å². The first kappa shape index (κ1) is 24.4. The van der Waals surface area contributed by atoms with Gasteiger partial charge in [0, 0.05) is 29.3 Å². The summed E-state index contributed by atoms with van der Waals surface area (Å²) in [5.41, 5.74) is 1.82. The van der Waals surface area contributed by atoms with E-state index in [1.807, 2.05) is 12.1 Å². The van der Waals surface area contributed by atoms with Crippen LogP contribution in [0.2, 0.25) is 5.02 Å². The molecule has 0 radical (unpaired) electrons. The van der Waals surface area contributed by atoms with E-state index < -0.39 is 11.9 Å². The lowest BCUT2D eigenvalue weighted by Crippen LogP contribution is -2.52. The molecule has 0 saturated heterocycles. The minimum absolute atomic E-state index is 0.0632. The highest BCUT2D eigenvalue weighted by Gasteiger charge is 2.46. The Bertz CT molecular complexity index is 610. The minimum atomic E-state index is -0.948. The second-order valence-corrected chi connectivity index (χ2v) is 8.70. The molecule has 2 rings (SSSR count). The molecule has 0 spiro atoms. The lowest BCUT2D eigenvalue weighted by molar-refractivity contribution is -0.138. The van der Waals surface area contributed by atoms with Gasteiger partial charge >= 0.3 is 11.9 Å². The molecule has 0 amide bonds. The third kappa shape index (κ3) is 7.44. The lowest BCUT2D eigenvalue weighted by Gasteiger charge is -2.51. The van der Waals surface area contributed by atoms with Crippen molar-refractivity contribution >= 4 is 23.5 Å². The van der Waals surface area contributed by atoms with E-state index in [1.54, 1.807) is 0 Å². The summed E-state index contributed by atoms with van der Waals surface area (Å²) in [5, 5.41) is 16.9. The minimum Gasteiger partial charge on any atom is -0.481 e. The summed E-state index contributed by atoms with van der Waals surface area (Å²) >= 11 is 6.04. The Morgan fingerprint density at radius 3 is 1.89 bits per heavy atom. The Balaban J connectivity index is 0.000000370. The zero-order valence-electron chi connectivity index (χ0n) is 17.4. The number of halogens is 1. The van der Waals surface area contributed by atoms with Gasteiger partial charge in [0.2, 0.25) is 0 Å². The van der Waals surface area contributed by atoms with E-state index in [2.05, 4.69) is 45.0 Å². The van der Waals surface area contributed by atoms with E-state index in [-0.39, 0.29) is 19.3 Å². The Labute approximate surface area is 173 Å². The molecule has 1 aliphatic carbocycles. The molecule has 1 unspecified atom stereocenters. The van der Waals surface area contributed by atoms with Crippen molar-refractivity contribution < 1.29 is 19.8 Å². The zero-order valence-corrected chi connectivity index (χ0v) is 18.2. The van der Waals surface area contributed by atoms with E-state index in [0.717, 1.165) is 10.9 Å². The van der Waals surface area contributed by atoms with Crippen molar-refractivity contribution in [2.45, 2.75) is 70.3 Å². The predicted octanol–water partition coefficient (Wildman–Crippen LogP) is 5.06. The van der Waals surface area contributed by atoms with Gasteiger partial charge < -0.3 is 15.1 Å². The van der Waals surface area contributed by atoms with Gasteiger partial charge in [0.15, 0.2) is 0 Å². The fourth-order valence-electron chi connectivity index (χ4n) is 3.92. The standard InChI is InChI=1S/C17H26ClN.C5H8O4/c1-13(2)12-16(19(3)4)17(10-5-11-17)14-6-8-15(18)9-7-14;6-4(7)2-1-3-5(8)9/h6-9,13,16H,5,10-12H2,1-4H3;1-3H2,(H,6,7)(H,8,9). The highest BCUT2D eigenvalue weighted by Crippen LogP contribution is 2.49. The van der Waals surface area contributed by atoms with Gasteiger partial charge in [0.25, 0.3) is 0 Å². The number of carboxylic acids is 2. The molecule has 1 aromatic carbocycles. The van der Waals surface area contributed by atoms with Crippen molar-refractivity contribution in [1.82, 2.24) is 4.90 Å². The van der Waals surface area contributed by atoms with Crippen molar-refractivity contribution in [2.24, 2.45) is 5.92 Å². The van der Waals surface area contributed by atoms with Crippen molar-refractivity contribution in [1.29, 1.82) is 0 Å². The summed E-state index contributed by atoms with van der Waals surface area (Å²) in [6.07, 6.45) is 5.32. The van der Waals surface area contributed by atoms with Crippen LogP contribution >= 0.6 is 11.6 Å². The van der Waals surface area contributed by atoms with Crippen molar-refractivity contribution in [3.63, 3.8) is 0 Å². The number of benzene rings is 1. The largest absolute Gasteiger partial charge is 0.481 e. The van der Waals surface area contributed by atoms with E-state index in [0.29, 0.717) is 11.5 Å². The zero-order chi connectivity index (χ0) is 21.3. The molecule has 5 nitrogen and oxygen atoms in total. The van der Waals surface area contributed by atoms with Crippen LogP contribution in [-0.2, 0) is 15.0 Å².